The van der Waals surface area contributed by atoms with Gasteiger partial charge in [-0.2, -0.15) is 0 Å². The quantitative estimate of drug-likeness (QED) is 0.649. The number of nitro groups is 1. The number of aromatic nitrogens is 1. The highest BCUT2D eigenvalue weighted by molar-refractivity contribution is 5.96. The lowest BCUT2D eigenvalue weighted by Gasteiger charge is -2.19. The molecule has 7 heteroatoms. The van der Waals surface area contributed by atoms with E-state index in [4.69, 9.17) is 5.73 Å². The first-order valence-electron chi connectivity index (χ1n) is 7.13. The molecule has 0 radical (unpaired) electrons. The third kappa shape index (κ3) is 2.37. The van der Waals surface area contributed by atoms with Crippen molar-refractivity contribution < 1.29 is 9.72 Å². The summed E-state index contributed by atoms with van der Waals surface area (Å²) in [6, 6.07) is 1.48. The molecule has 1 aliphatic carbocycles. The first-order valence-corrected chi connectivity index (χ1v) is 7.13. The maximum absolute atomic E-state index is 12.6. The third-order valence-corrected chi connectivity index (χ3v) is 4.71. The van der Waals surface area contributed by atoms with Crippen molar-refractivity contribution in [3.8, 4) is 0 Å². The highest BCUT2D eigenvalue weighted by atomic mass is 16.6. The first-order chi connectivity index (χ1) is 9.97. The lowest BCUT2D eigenvalue weighted by Crippen LogP contribution is -2.33. The SMILES string of the molecule is Cc1ncc([N+](=O)[O-])cc1C(=O)N1CC2CCC(N)C2C1. The van der Waals surface area contributed by atoms with Gasteiger partial charge in [0.1, 0.15) is 6.20 Å². The smallest absolute Gasteiger partial charge is 0.288 e. The number of amides is 1. The zero-order valence-electron chi connectivity index (χ0n) is 11.9. The van der Waals surface area contributed by atoms with E-state index in [1.165, 1.54) is 12.3 Å². The minimum atomic E-state index is -0.530. The molecule has 1 saturated heterocycles. The summed E-state index contributed by atoms with van der Waals surface area (Å²) in [5.41, 5.74) is 6.76. The number of likely N-dealkylation sites (tertiary alicyclic amines) is 1. The Hall–Kier alpha value is -2.02. The van der Waals surface area contributed by atoms with Crippen LogP contribution in [-0.4, -0.2) is 39.8 Å². The van der Waals surface area contributed by atoms with E-state index < -0.39 is 4.92 Å². The van der Waals surface area contributed by atoms with Gasteiger partial charge in [0.25, 0.3) is 11.6 Å². The van der Waals surface area contributed by atoms with E-state index in [9.17, 15) is 14.9 Å². The van der Waals surface area contributed by atoms with E-state index in [1.807, 2.05) is 0 Å². The molecule has 3 atom stereocenters. The van der Waals surface area contributed by atoms with Gasteiger partial charge in [0.05, 0.1) is 16.2 Å². The molecule has 1 amide bonds. The number of hydrogen-bond donors (Lipinski definition) is 1. The highest BCUT2D eigenvalue weighted by Gasteiger charge is 2.42. The van der Waals surface area contributed by atoms with Crippen LogP contribution in [0.5, 0.6) is 0 Å². The Kier molecular flexibility index (Phi) is 3.36. The molecule has 1 aromatic rings. The molecule has 3 rings (SSSR count). The van der Waals surface area contributed by atoms with Crippen LogP contribution in [0.15, 0.2) is 12.3 Å². The molecule has 2 heterocycles. The zero-order valence-corrected chi connectivity index (χ0v) is 11.9. The Morgan fingerprint density at radius 3 is 2.90 bits per heavy atom. The van der Waals surface area contributed by atoms with Gasteiger partial charge in [-0.1, -0.05) is 0 Å². The summed E-state index contributed by atoms with van der Waals surface area (Å²) >= 11 is 0. The first kappa shape index (κ1) is 13.9. The van der Waals surface area contributed by atoms with Gasteiger partial charge in [-0.25, -0.2) is 0 Å². The molecule has 2 N–H and O–H groups in total. The van der Waals surface area contributed by atoms with Crippen LogP contribution in [-0.2, 0) is 0 Å². The number of nitrogens with zero attached hydrogens (tertiary/aromatic N) is 3. The molecule has 0 aromatic carbocycles. The van der Waals surface area contributed by atoms with Crippen LogP contribution in [0.4, 0.5) is 5.69 Å². The monoisotopic (exact) mass is 290 g/mol. The average molecular weight is 290 g/mol. The van der Waals surface area contributed by atoms with Crippen LogP contribution >= 0.6 is 0 Å². The third-order valence-electron chi connectivity index (χ3n) is 4.71. The fourth-order valence-electron chi connectivity index (χ4n) is 3.48. The maximum Gasteiger partial charge on any atom is 0.288 e. The predicted octanol–water partition coefficient (Wildman–Crippen LogP) is 1.11. The number of pyridine rings is 1. The Bertz CT molecular complexity index is 604. The summed E-state index contributed by atoms with van der Waals surface area (Å²) in [7, 11) is 0. The van der Waals surface area contributed by atoms with Crippen molar-refractivity contribution in [1.82, 2.24) is 9.88 Å². The molecule has 2 aliphatic rings. The van der Waals surface area contributed by atoms with Gasteiger partial charge in [-0.05, 0) is 31.6 Å². The summed E-state index contributed by atoms with van der Waals surface area (Å²) in [5, 5.41) is 10.8. The van der Waals surface area contributed by atoms with Crippen molar-refractivity contribution in [1.29, 1.82) is 0 Å². The number of rotatable bonds is 2. The molecule has 2 fully saturated rings. The van der Waals surface area contributed by atoms with Crippen LogP contribution < -0.4 is 5.73 Å². The predicted molar refractivity (Wildman–Crippen MR) is 75.7 cm³/mol. The lowest BCUT2D eigenvalue weighted by atomic mass is 9.98. The van der Waals surface area contributed by atoms with Crippen LogP contribution in [0, 0.1) is 28.9 Å². The number of fused-ring (bicyclic) bond motifs is 1. The normalized spacial score (nSPS) is 27.7. The number of aryl methyl sites for hydroxylation is 1. The summed E-state index contributed by atoms with van der Waals surface area (Å²) in [4.78, 5) is 28.6. The number of carbonyl (C=O) groups excluding carboxylic acids is 1. The van der Waals surface area contributed by atoms with Gasteiger partial charge < -0.3 is 10.6 Å². The molecular weight excluding hydrogens is 272 g/mol. The number of hydrogen-bond acceptors (Lipinski definition) is 5. The lowest BCUT2D eigenvalue weighted by molar-refractivity contribution is -0.385. The summed E-state index contributed by atoms with van der Waals surface area (Å²) in [5.74, 6) is 0.655. The van der Waals surface area contributed by atoms with Crippen LogP contribution in [0.1, 0.15) is 28.9 Å². The number of carbonyl (C=O) groups is 1. The van der Waals surface area contributed by atoms with Crippen molar-refractivity contribution in [2.75, 3.05) is 13.1 Å². The van der Waals surface area contributed by atoms with Crippen LogP contribution in [0.2, 0.25) is 0 Å². The van der Waals surface area contributed by atoms with E-state index in [1.54, 1.807) is 11.8 Å². The van der Waals surface area contributed by atoms with Crippen molar-refractivity contribution in [3.05, 3.63) is 33.6 Å². The van der Waals surface area contributed by atoms with Gasteiger partial charge in [-0.3, -0.25) is 19.9 Å². The van der Waals surface area contributed by atoms with Crippen molar-refractivity contribution in [2.45, 2.75) is 25.8 Å². The van der Waals surface area contributed by atoms with E-state index >= 15 is 0 Å². The van der Waals surface area contributed by atoms with Crippen molar-refractivity contribution >= 4 is 11.6 Å². The molecule has 1 aromatic heterocycles. The molecule has 0 spiro atoms. The summed E-state index contributed by atoms with van der Waals surface area (Å²) in [6.45, 7) is 3.03. The second kappa shape index (κ2) is 5.07. The van der Waals surface area contributed by atoms with E-state index in [0.717, 1.165) is 12.8 Å². The van der Waals surface area contributed by atoms with E-state index in [2.05, 4.69) is 4.98 Å². The van der Waals surface area contributed by atoms with Crippen LogP contribution in [0.3, 0.4) is 0 Å². The topological polar surface area (TPSA) is 102 Å². The molecule has 3 unspecified atom stereocenters. The second-order valence-corrected chi connectivity index (χ2v) is 5.96. The van der Waals surface area contributed by atoms with Gasteiger partial charge in [0, 0.05) is 25.2 Å². The van der Waals surface area contributed by atoms with E-state index in [0.29, 0.717) is 36.2 Å². The fraction of sp³-hybridized carbons (Fsp3) is 0.571. The Labute approximate surface area is 122 Å². The second-order valence-electron chi connectivity index (χ2n) is 5.96. The maximum atomic E-state index is 12.6. The Morgan fingerprint density at radius 2 is 2.24 bits per heavy atom. The summed E-state index contributed by atoms with van der Waals surface area (Å²) in [6.07, 6.45) is 3.26. The molecule has 7 nitrogen and oxygen atoms in total. The molecule has 21 heavy (non-hydrogen) atoms. The van der Waals surface area contributed by atoms with Gasteiger partial charge in [-0.15, -0.1) is 0 Å². The van der Waals surface area contributed by atoms with Gasteiger partial charge in [0.2, 0.25) is 0 Å². The van der Waals surface area contributed by atoms with Gasteiger partial charge >= 0.3 is 0 Å². The highest BCUT2D eigenvalue weighted by Crippen LogP contribution is 2.37. The number of nitrogens with two attached hydrogens (primary N) is 1. The van der Waals surface area contributed by atoms with E-state index in [-0.39, 0.29) is 17.6 Å². The minimum absolute atomic E-state index is 0.153. The van der Waals surface area contributed by atoms with Crippen LogP contribution in [0.25, 0.3) is 0 Å². The molecule has 1 aliphatic heterocycles. The molecule has 1 saturated carbocycles. The zero-order chi connectivity index (χ0) is 15.1. The molecule has 0 bridgehead atoms. The fourth-order valence-corrected chi connectivity index (χ4v) is 3.48. The molecule has 112 valence electrons. The minimum Gasteiger partial charge on any atom is -0.338 e. The largest absolute Gasteiger partial charge is 0.338 e. The van der Waals surface area contributed by atoms with Crippen molar-refractivity contribution in [2.24, 2.45) is 17.6 Å². The Balaban J connectivity index is 1.83. The van der Waals surface area contributed by atoms with Gasteiger partial charge in [0.15, 0.2) is 0 Å². The summed E-state index contributed by atoms with van der Waals surface area (Å²) < 4.78 is 0. The molecular formula is C14H18N4O3. The Morgan fingerprint density at radius 1 is 1.48 bits per heavy atom. The standard InChI is InChI=1S/C14H18N4O3/c1-8-11(4-10(5-16-8)18(20)21)14(19)17-6-9-2-3-13(15)12(9)7-17/h4-5,9,12-13H,2-3,6-7,15H2,1H3. The average Bonchev–Trinajstić information content (AvgIpc) is 3.01. The van der Waals surface area contributed by atoms with Crippen molar-refractivity contribution in [3.63, 3.8) is 0 Å².